The number of rotatable bonds is 7. The molecule has 2 rings (SSSR count). The van der Waals surface area contributed by atoms with Gasteiger partial charge in [0.05, 0.1) is 0 Å². The van der Waals surface area contributed by atoms with Gasteiger partial charge in [-0.1, -0.05) is 56.3 Å². The van der Waals surface area contributed by atoms with Gasteiger partial charge in [-0.05, 0) is 29.7 Å². The van der Waals surface area contributed by atoms with Gasteiger partial charge in [-0.25, -0.2) is 4.39 Å². The summed E-state index contributed by atoms with van der Waals surface area (Å²) >= 11 is 1.57. The maximum absolute atomic E-state index is 14.1. The van der Waals surface area contributed by atoms with E-state index in [0.29, 0.717) is 12.5 Å². The molecule has 0 amide bonds. The summed E-state index contributed by atoms with van der Waals surface area (Å²) in [6.07, 6.45) is 0. The molecule has 0 bridgehead atoms. The van der Waals surface area contributed by atoms with Crippen molar-refractivity contribution in [2.45, 2.75) is 31.0 Å². The van der Waals surface area contributed by atoms with Gasteiger partial charge in [0.2, 0.25) is 0 Å². The molecule has 0 unspecified atom stereocenters. The summed E-state index contributed by atoms with van der Waals surface area (Å²) in [5, 5.41) is 3.39. The van der Waals surface area contributed by atoms with Gasteiger partial charge in [0.25, 0.3) is 0 Å². The van der Waals surface area contributed by atoms with E-state index in [1.165, 1.54) is 5.56 Å². The van der Waals surface area contributed by atoms with Crippen molar-refractivity contribution in [3.05, 3.63) is 65.5 Å². The third-order valence-electron chi connectivity index (χ3n) is 3.14. The standard InChI is InChI=1S/C18H22FNS/c1-14(2)11-20-12-16-9-6-10-17(19)18(16)21-13-15-7-4-3-5-8-15/h3-10,14,20H,11-13H2,1-2H3. The highest BCUT2D eigenvalue weighted by atomic mass is 32.2. The predicted molar refractivity (Wildman–Crippen MR) is 88.9 cm³/mol. The highest BCUT2D eigenvalue weighted by molar-refractivity contribution is 7.98. The van der Waals surface area contributed by atoms with Crippen LogP contribution in [-0.4, -0.2) is 6.54 Å². The molecular weight excluding hydrogens is 281 g/mol. The number of halogens is 1. The maximum Gasteiger partial charge on any atom is 0.137 e. The van der Waals surface area contributed by atoms with Gasteiger partial charge in [-0.2, -0.15) is 0 Å². The second-order valence-electron chi connectivity index (χ2n) is 5.53. The van der Waals surface area contributed by atoms with Crippen molar-refractivity contribution in [2.75, 3.05) is 6.54 Å². The lowest BCUT2D eigenvalue weighted by molar-refractivity contribution is 0.543. The van der Waals surface area contributed by atoms with Crippen LogP contribution in [0.1, 0.15) is 25.0 Å². The first-order valence-corrected chi connectivity index (χ1v) is 8.30. The molecule has 2 aromatic carbocycles. The van der Waals surface area contributed by atoms with Gasteiger partial charge >= 0.3 is 0 Å². The van der Waals surface area contributed by atoms with Crippen LogP contribution in [0.3, 0.4) is 0 Å². The number of benzene rings is 2. The number of thioether (sulfide) groups is 1. The second-order valence-corrected chi connectivity index (χ2v) is 6.51. The van der Waals surface area contributed by atoms with E-state index in [0.717, 1.165) is 22.8 Å². The Balaban J connectivity index is 2.03. The summed E-state index contributed by atoms with van der Waals surface area (Å²) < 4.78 is 14.1. The van der Waals surface area contributed by atoms with Gasteiger partial charge in [0.15, 0.2) is 0 Å². The molecule has 0 atom stereocenters. The fourth-order valence-corrected chi connectivity index (χ4v) is 3.11. The zero-order chi connectivity index (χ0) is 15.1. The Morgan fingerprint density at radius 2 is 1.81 bits per heavy atom. The molecule has 0 aliphatic carbocycles. The molecule has 21 heavy (non-hydrogen) atoms. The normalized spacial score (nSPS) is 11.0. The lowest BCUT2D eigenvalue weighted by Crippen LogP contribution is -2.19. The molecule has 1 N–H and O–H groups in total. The molecule has 0 spiro atoms. The van der Waals surface area contributed by atoms with Crippen LogP contribution in [0.15, 0.2) is 53.4 Å². The quantitative estimate of drug-likeness (QED) is 0.733. The zero-order valence-electron chi connectivity index (χ0n) is 12.6. The fraction of sp³-hybridized carbons (Fsp3) is 0.333. The summed E-state index contributed by atoms with van der Waals surface area (Å²) in [4.78, 5) is 0.762. The Kier molecular flexibility index (Phi) is 6.27. The molecule has 0 aliphatic rings. The Hall–Kier alpha value is -1.32. The van der Waals surface area contributed by atoms with E-state index in [1.807, 2.05) is 24.3 Å². The lowest BCUT2D eigenvalue weighted by Gasteiger charge is -2.12. The molecular formula is C18H22FNS. The van der Waals surface area contributed by atoms with Gasteiger partial charge in [-0.3, -0.25) is 0 Å². The first-order chi connectivity index (χ1) is 10.2. The molecule has 0 aliphatic heterocycles. The topological polar surface area (TPSA) is 12.0 Å². The van der Waals surface area contributed by atoms with E-state index in [2.05, 4.69) is 31.3 Å². The summed E-state index contributed by atoms with van der Waals surface area (Å²) in [5.41, 5.74) is 2.25. The predicted octanol–water partition coefficient (Wildman–Crippen LogP) is 4.86. The van der Waals surface area contributed by atoms with Crippen LogP contribution in [0, 0.1) is 11.7 Å². The van der Waals surface area contributed by atoms with Gasteiger partial charge in [-0.15, -0.1) is 11.8 Å². The van der Waals surface area contributed by atoms with E-state index in [-0.39, 0.29) is 5.82 Å². The lowest BCUT2D eigenvalue weighted by atomic mass is 10.2. The van der Waals surface area contributed by atoms with Crippen LogP contribution in [0.4, 0.5) is 4.39 Å². The van der Waals surface area contributed by atoms with Crippen LogP contribution in [0.5, 0.6) is 0 Å². The van der Waals surface area contributed by atoms with Crippen LogP contribution in [0.2, 0.25) is 0 Å². The third kappa shape index (κ3) is 5.18. The molecule has 3 heteroatoms. The smallest absolute Gasteiger partial charge is 0.137 e. The van der Waals surface area contributed by atoms with Gasteiger partial charge < -0.3 is 5.32 Å². The van der Waals surface area contributed by atoms with Crippen LogP contribution >= 0.6 is 11.8 Å². The van der Waals surface area contributed by atoms with Crippen molar-refractivity contribution in [2.24, 2.45) is 5.92 Å². The summed E-state index contributed by atoms with van der Waals surface area (Å²) in [7, 11) is 0. The first-order valence-electron chi connectivity index (χ1n) is 7.31. The Bertz CT molecular complexity index is 554. The SMILES string of the molecule is CC(C)CNCc1cccc(F)c1SCc1ccccc1. The Morgan fingerprint density at radius 3 is 2.52 bits per heavy atom. The van der Waals surface area contributed by atoms with Gasteiger partial charge in [0.1, 0.15) is 5.82 Å². The maximum atomic E-state index is 14.1. The molecule has 0 saturated carbocycles. The van der Waals surface area contributed by atoms with Crippen molar-refractivity contribution < 1.29 is 4.39 Å². The highest BCUT2D eigenvalue weighted by Crippen LogP contribution is 2.29. The molecule has 2 aromatic rings. The minimum absolute atomic E-state index is 0.125. The first kappa shape index (κ1) is 16.1. The summed E-state index contributed by atoms with van der Waals surface area (Å²) in [6.45, 7) is 6.00. The molecule has 0 aromatic heterocycles. The van der Waals surface area contributed by atoms with Crippen LogP contribution in [-0.2, 0) is 12.3 Å². The molecule has 1 nitrogen and oxygen atoms in total. The Labute approximate surface area is 131 Å². The molecule has 112 valence electrons. The third-order valence-corrected chi connectivity index (χ3v) is 4.37. The van der Waals surface area contributed by atoms with Crippen molar-refractivity contribution in [3.63, 3.8) is 0 Å². The van der Waals surface area contributed by atoms with Crippen LogP contribution < -0.4 is 5.32 Å². The average molecular weight is 303 g/mol. The molecule has 0 saturated heterocycles. The summed E-state index contributed by atoms with van der Waals surface area (Å²) in [6, 6.07) is 15.5. The van der Waals surface area contributed by atoms with E-state index >= 15 is 0 Å². The fourth-order valence-electron chi connectivity index (χ4n) is 2.08. The largest absolute Gasteiger partial charge is 0.312 e. The van der Waals surface area contributed by atoms with Crippen molar-refractivity contribution in [1.29, 1.82) is 0 Å². The van der Waals surface area contributed by atoms with Crippen molar-refractivity contribution >= 4 is 11.8 Å². The van der Waals surface area contributed by atoms with Crippen LogP contribution in [0.25, 0.3) is 0 Å². The molecule has 0 fully saturated rings. The van der Waals surface area contributed by atoms with E-state index in [1.54, 1.807) is 23.9 Å². The zero-order valence-corrected chi connectivity index (χ0v) is 13.4. The minimum atomic E-state index is -0.125. The molecule has 0 radical (unpaired) electrons. The minimum Gasteiger partial charge on any atom is -0.312 e. The number of hydrogen-bond acceptors (Lipinski definition) is 2. The van der Waals surface area contributed by atoms with Crippen molar-refractivity contribution in [3.8, 4) is 0 Å². The van der Waals surface area contributed by atoms with E-state index in [9.17, 15) is 4.39 Å². The van der Waals surface area contributed by atoms with Crippen molar-refractivity contribution in [1.82, 2.24) is 5.32 Å². The highest BCUT2D eigenvalue weighted by Gasteiger charge is 2.09. The Morgan fingerprint density at radius 1 is 1.05 bits per heavy atom. The molecule has 0 heterocycles. The average Bonchev–Trinajstić information content (AvgIpc) is 2.47. The second kappa shape index (κ2) is 8.20. The summed E-state index contributed by atoms with van der Waals surface area (Å²) in [5.74, 6) is 1.26. The number of hydrogen-bond donors (Lipinski definition) is 1. The number of nitrogens with one attached hydrogen (secondary N) is 1. The van der Waals surface area contributed by atoms with Gasteiger partial charge in [0, 0.05) is 17.2 Å². The van der Waals surface area contributed by atoms with E-state index in [4.69, 9.17) is 0 Å². The monoisotopic (exact) mass is 303 g/mol. The van der Waals surface area contributed by atoms with E-state index < -0.39 is 0 Å².